The van der Waals surface area contributed by atoms with Crippen molar-refractivity contribution in [2.75, 3.05) is 25.0 Å². The molecule has 3 heterocycles. The molecule has 33 heavy (non-hydrogen) atoms. The molecule has 1 aliphatic heterocycles. The lowest BCUT2D eigenvalue weighted by Gasteiger charge is -2.33. The molecule has 0 bridgehead atoms. The van der Waals surface area contributed by atoms with Gasteiger partial charge in [0.15, 0.2) is 5.69 Å². The quantitative estimate of drug-likeness (QED) is 0.595. The number of anilines is 2. The Morgan fingerprint density at radius 1 is 1.09 bits per heavy atom. The summed E-state index contributed by atoms with van der Waals surface area (Å²) in [5, 5.41) is 13.2. The molecule has 2 aromatic heterocycles. The highest BCUT2D eigenvalue weighted by Crippen LogP contribution is 2.29. The molecule has 0 saturated carbocycles. The molecule has 9 heteroatoms. The van der Waals surface area contributed by atoms with E-state index >= 15 is 0 Å². The number of hydrogen-bond acceptors (Lipinski definition) is 7. The number of pyridine rings is 1. The van der Waals surface area contributed by atoms with Crippen molar-refractivity contribution >= 4 is 23.2 Å². The van der Waals surface area contributed by atoms with Crippen molar-refractivity contribution in [2.45, 2.75) is 39.5 Å². The van der Waals surface area contributed by atoms with Crippen LogP contribution < -0.4 is 10.6 Å². The first-order chi connectivity index (χ1) is 15.9. The molecule has 0 spiro atoms. The largest absolute Gasteiger partial charge is 0.355 e. The van der Waals surface area contributed by atoms with E-state index in [1.54, 1.807) is 11.8 Å². The molecule has 0 unspecified atom stereocenters. The van der Waals surface area contributed by atoms with Crippen molar-refractivity contribution in [1.29, 1.82) is 0 Å². The van der Waals surface area contributed by atoms with E-state index < -0.39 is 5.91 Å². The van der Waals surface area contributed by atoms with Crippen LogP contribution in [0.25, 0.3) is 0 Å². The van der Waals surface area contributed by atoms with Gasteiger partial charge >= 0.3 is 0 Å². The summed E-state index contributed by atoms with van der Waals surface area (Å²) in [6, 6.07) is 12.3. The van der Waals surface area contributed by atoms with E-state index in [1.807, 2.05) is 13.0 Å². The van der Waals surface area contributed by atoms with Crippen LogP contribution in [-0.2, 0) is 4.79 Å². The molecule has 2 N–H and O–H groups in total. The molecule has 2 amide bonds. The summed E-state index contributed by atoms with van der Waals surface area (Å²) < 4.78 is 4.55. The number of carbonyl (C=O) groups is 2. The lowest BCUT2D eigenvalue weighted by Crippen LogP contribution is -2.44. The highest BCUT2D eigenvalue weighted by atomic mass is 16.6. The predicted molar refractivity (Wildman–Crippen MR) is 123 cm³/mol. The fraction of sp³-hybridized carbons (Fsp3) is 0.375. The average Bonchev–Trinajstić information content (AvgIpc) is 3.24. The zero-order valence-electron chi connectivity index (χ0n) is 19.1. The number of aromatic nitrogens is 3. The summed E-state index contributed by atoms with van der Waals surface area (Å²) in [5.74, 6) is -0.463. The van der Waals surface area contributed by atoms with Crippen LogP contribution in [0.15, 0.2) is 41.0 Å². The lowest BCUT2D eigenvalue weighted by atomic mass is 9.93. The Kier molecular flexibility index (Phi) is 6.67. The van der Waals surface area contributed by atoms with Gasteiger partial charge < -0.3 is 15.5 Å². The minimum Gasteiger partial charge on any atom is -0.355 e. The number of nitrogens with one attached hydrogen (secondary N) is 2. The number of rotatable bonds is 6. The molecule has 1 aromatic carbocycles. The van der Waals surface area contributed by atoms with Crippen LogP contribution in [0.3, 0.4) is 0 Å². The molecular formula is C24H28N6O3. The Bertz CT molecular complexity index is 1140. The lowest BCUT2D eigenvalue weighted by molar-refractivity contribution is -0.131. The smallest absolute Gasteiger partial charge is 0.275 e. The standard InChI is InChI=1S/C24H28N6O3/c1-15-6-8-19(9-7-15)27-20-11-16(2)26-21(12-20)18-5-4-10-30(14-18)22(31)13-25-24(32)23-17(3)28-33-29-23/h6-9,11-12,18H,4-5,10,13-14H2,1-3H3,(H,25,32)(H,26,27)/t18-/m0/s1. The topological polar surface area (TPSA) is 113 Å². The van der Waals surface area contributed by atoms with E-state index in [0.717, 1.165) is 35.6 Å². The first-order valence-corrected chi connectivity index (χ1v) is 11.1. The van der Waals surface area contributed by atoms with Crippen LogP contribution in [-0.4, -0.2) is 51.6 Å². The molecule has 9 nitrogen and oxygen atoms in total. The molecule has 3 aromatic rings. The minimum absolute atomic E-state index is 0.0943. The summed E-state index contributed by atoms with van der Waals surface area (Å²) in [6.07, 6.45) is 1.84. The van der Waals surface area contributed by atoms with Gasteiger partial charge in [-0.3, -0.25) is 14.6 Å². The summed E-state index contributed by atoms with van der Waals surface area (Å²) in [5.41, 5.74) is 5.59. The van der Waals surface area contributed by atoms with Crippen molar-refractivity contribution in [1.82, 2.24) is 25.5 Å². The Morgan fingerprint density at radius 2 is 1.88 bits per heavy atom. The Morgan fingerprint density at radius 3 is 2.61 bits per heavy atom. The summed E-state index contributed by atoms with van der Waals surface area (Å²) >= 11 is 0. The second kappa shape index (κ2) is 9.81. The monoisotopic (exact) mass is 448 g/mol. The van der Waals surface area contributed by atoms with Gasteiger partial charge in [0.25, 0.3) is 5.91 Å². The average molecular weight is 449 g/mol. The number of amides is 2. The molecule has 0 radical (unpaired) electrons. The van der Waals surface area contributed by atoms with E-state index in [2.05, 4.69) is 62.8 Å². The van der Waals surface area contributed by atoms with Gasteiger partial charge in [-0.1, -0.05) is 22.9 Å². The maximum Gasteiger partial charge on any atom is 0.275 e. The molecule has 1 atom stereocenters. The van der Waals surface area contributed by atoms with Gasteiger partial charge in [-0.25, -0.2) is 4.63 Å². The van der Waals surface area contributed by atoms with E-state index in [9.17, 15) is 9.59 Å². The van der Waals surface area contributed by atoms with E-state index in [1.165, 1.54) is 5.56 Å². The number of carbonyl (C=O) groups excluding carboxylic acids is 2. The van der Waals surface area contributed by atoms with E-state index in [0.29, 0.717) is 18.8 Å². The summed E-state index contributed by atoms with van der Waals surface area (Å²) in [6.45, 7) is 6.80. The SMILES string of the molecule is Cc1ccc(Nc2cc(C)nc([C@H]3CCCN(C(=O)CNC(=O)c4nonc4C)C3)c2)cc1. The van der Waals surface area contributed by atoms with Crippen LogP contribution in [0.2, 0.25) is 0 Å². The zero-order valence-corrected chi connectivity index (χ0v) is 19.1. The number of hydrogen-bond donors (Lipinski definition) is 2. The normalized spacial score (nSPS) is 15.8. The van der Waals surface area contributed by atoms with Gasteiger partial charge in [0.1, 0.15) is 5.69 Å². The number of aryl methyl sites for hydroxylation is 3. The molecule has 1 fully saturated rings. The minimum atomic E-state index is -0.470. The Balaban J connectivity index is 1.39. The van der Waals surface area contributed by atoms with E-state index in [4.69, 9.17) is 4.98 Å². The summed E-state index contributed by atoms with van der Waals surface area (Å²) in [4.78, 5) is 31.5. The Hall–Kier alpha value is -3.75. The third-order valence-corrected chi connectivity index (χ3v) is 5.77. The third-order valence-electron chi connectivity index (χ3n) is 5.77. The molecule has 172 valence electrons. The zero-order chi connectivity index (χ0) is 23.4. The van der Waals surface area contributed by atoms with Gasteiger partial charge in [0.2, 0.25) is 5.91 Å². The van der Waals surface area contributed by atoms with Gasteiger partial charge in [-0.05, 0) is 63.0 Å². The molecule has 1 aliphatic rings. The summed E-state index contributed by atoms with van der Waals surface area (Å²) in [7, 11) is 0. The van der Waals surface area contributed by atoms with Crippen molar-refractivity contribution in [3.05, 3.63) is 64.7 Å². The van der Waals surface area contributed by atoms with Gasteiger partial charge in [0, 0.05) is 41.8 Å². The maximum atomic E-state index is 12.8. The second-order valence-corrected chi connectivity index (χ2v) is 8.47. The number of piperidine rings is 1. The highest BCUT2D eigenvalue weighted by Gasteiger charge is 2.26. The number of likely N-dealkylation sites (tertiary alicyclic amines) is 1. The predicted octanol–water partition coefficient (Wildman–Crippen LogP) is 3.27. The van der Waals surface area contributed by atoms with Crippen LogP contribution in [0.1, 0.15) is 51.9 Å². The second-order valence-electron chi connectivity index (χ2n) is 8.47. The van der Waals surface area contributed by atoms with Crippen LogP contribution in [0, 0.1) is 20.8 Å². The molecule has 0 aliphatic carbocycles. The van der Waals surface area contributed by atoms with Crippen molar-refractivity contribution in [2.24, 2.45) is 0 Å². The molecular weight excluding hydrogens is 420 g/mol. The maximum absolute atomic E-state index is 12.8. The van der Waals surface area contributed by atoms with E-state index in [-0.39, 0.29) is 24.1 Å². The van der Waals surface area contributed by atoms with Crippen LogP contribution in [0.4, 0.5) is 11.4 Å². The fourth-order valence-electron chi connectivity index (χ4n) is 4.01. The Labute approximate surface area is 192 Å². The van der Waals surface area contributed by atoms with Gasteiger partial charge in [-0.15, -0.1) is 0 Å². The molecule has 4 rings (SSSR count). The molecule has 1 saturated heterocycles. The number of benzene rings is 1. The number of nitrogens with zero attached hydrogens (tertiary/aromatic N) is 4. The van der Waals surface area contributed by atoms with Crippen molar-refractivity contribution < 1.29 is 14.2 Å². The third kappa shape index (κ3) is 5.54. The van der Waals surface area contributed by atoms with Gasteiger partial charge in [0.05, 0.1) is 6.54 Å². The van der Waals surface area contributed by atoms with Crippen molar-refractivity contribution in [3.63, 3.8) is 0 Å². The van der Waals surface area contributed by atoms with Crippen molar-refractivity contribution in [3.8, 4) is 0 Å². The fourth-order valence-corrected chi connectivity index (χ4v) is 4.01. The van der Waals surface area contributed by atoms with Gasteiger partial charge in [-0.2, -0.15) is 0 Å². The first kappa shape index (κ1) is 22.4. The van der Waals surface area contributed by atoms with Crippen LogP contribution >= 0.6 is 0 Å². The first-order valence-electron chi connectivity index (χ1n) is 11.1. The van der Waals surface area contributed by atoms with Crippen LogP contribution in [0.5, 0.6) is 0 Å². The highest BCUT2D eigenvalue weighted by molar-refractivity contribution is 5.95.